The van der Waals surface area contributed by atoms with Crippen LogP contribution in [0.1, 0.15) is 16.7 Å². The van der Waals surface area contributed by atoms with Gasteiger partial charge in [-0.1, -0.05) is 23.7 Å². The van der Waals surface area contributed by atoms with E-state index in [0.29, 0.717) is 11.1 Å². The number of nitro groups is 1. The van der Waals surface area contributed by atoms with E-state index in [1.54, 1.807) is 24.3 Å². The molecule has 1 heterocycles. The number of aliphatic imine (C=N–C) groups is 1. The van der Waals surface area contributed by atoms with Crippen molar-refractivity contribution >= 4 is 35.2 Å². The van der Waals surface area contributed by atoms with Crippen molar-refractivity contribution in [2.45, 2.75) is 0 Å². The number of non-ortho nitro benzene ring substituents is 1. The standard InChI is InChI=1S/C17H8ClN3O4/c18-14-6-5-12(21(23)24)8-13(14)16-20-15(17(22)25-16)7-10-1-3-11(9-19)4-2-10/h1-8H/b15-7-. The number of nitrogens with zero attached hydrogens (tertiary/aromatic N) is 3. The Kier molecular flexibility index (Phi) is 4.29. The molecule has 1 aliphatic heterocycles. The molecule has 8 heteroatoms. The number of carbonyl (C=O) groups excluding carboxylic acids is 1. The van der Waals surface area contributed by atoms with Crippen LogP contribution >= 0.6 is 11.6 Å². The highest BCUT2D eigenvalue weighted by atomic mass is 35.5. The molecule has 3 rings (SSSR count). The van der Waals surface area contributed by atoms with Crippen molar-refractivity contribution < 1.29 is 14.5 Å². The first-order valence-corrected chi connectivity index (χ1v) is 7.33. The molecule has 0 saturated carbocycles. The molecule has 0 fully saturated rings. The number of nitro benzene ring substituents is 1. The van der Waals surface area contributed by atoms with Crippen LogP contribution in [0.2, 0.25) is 5.02 Å². The third kappa shape index (κ3) is 3.39. The van der Waals surface area contributed by atoms with Crippen LogP contribution in [0, 0.1) is 21.4 Å². The molecule has 0 aliphatic carbocycles. The van der Waals surface area contributed by atoms with Crippen LogP contribution in [0.15, 0.2) is 53.2 Å². The molecule has 2 aromatic carbocycles. The third-order valence-corrected chi connectivity index (χ3v) is 3.68. The zero-order valence-electron chi connectivity index (χ0n) is 12.5. The van der Waals surface area contributed by atoms with Gasteiger partial charge in [0.1, 0.15) is 0 Å². The summed E-state index contributed by atoms with van der Waals surface area (Å²) < 4.78 is 5.08. The van der Waals surface area contributed by atoms with Gasteiger partial charge >= 0.3 is 5.97 Å². The van der Waals surface area contributed by atoms with Crippen molar-refractivity contribution in [2.24, 2.45) is 4.99 Å². The SMILES string of the molecule is N#Cc1ccc(/C=C2\N=C(c3cc([N+](=O)[O-])ccc3Cl)OC2=O)cc1. The Morgan fingerprint density at radius 3 is 2.60 bits per heavy atom. The summed E-state index contributed by atoms with van der Waals surface area (Å²) in [5, 5.41) is 19.8. The smallest absolute Gasteiger partial charge is 0.363 e. The van der Waals surface area contributed by atoms with Crippen molar-refractivity contribution in [1.29, 1.82) is 5.26 Å². The molecule has 0 amide bonds. The van der Waals surface area contributed by atoms with Crippen LogP contribution in [0.5, 0.6) is 0 Å². The van der Waals surface area contributed by atoms with Gasteiger partial charge in [-0.15, -0.1) is 0 Å². The number of halogens is 1. The van der Waals surface area contributed by atoms with Gasteiger partial charge in [0, 0.05) is 12.1 Å². The molecule has 2 aromatic rings. The minimum absolute atomic E-state index is 0.0299. The van der Waals surface area contributed by atoms with E-state index in [0.717, 1.165) is 0 Å². The Balaban J connectivity index is 1.97. The Morgan fingerprint density at radius 2 is 1.96 bits per heavy atom. The van der Waals surface area contributed by atoms with E-state index < -0.39 is 10.9 Å². The van der Waals surface area contributed by atoms with Crippen LogP contribution in [0.3, 0.4) is 0 Å². The molecular formula is C17H8ClN3O4. The summed E-state index contributed by atoms with van der Waals surface area (Å²) in [5.41, 5.74) is 1.14. The zero-order chi connectivity index (χ0) is 18.0. The molecule has 25 heavy (non-hydrogen) atoms. The Hall–Kier alpha value is -3.50. The van der Waals surface area contributed by atoms with Crippen molar-refractivity contribution in [2.75, 3.05) is 0 Å². The maximum absolute atomic E-state index is 12.0. The number of hydrogen-bond donors (Lipinski definition) is 0. The molecular weight excluding hydrogens is 346 g/mol. The lowest BCUT2D eigenvalue weighted by Gasteiger charge is -2.02. The van der Waals surface area contributed by atoms with Crippen LogP contribution in [-0.2, 0) is 9.53 Å². The van der Waals surface area contributed by atoms with Gasteiger partial charge < -0.3 is 4.74 Å². The average Bonchev–Trinajstić information content (AvgIpc) is 2.96. The van der Waals surface area contributed by atoms with E-state index in [2.05, 4.69) is 4.99 Å². The molecule has 0 radical (unpaired) electrons. The monoisotopic (exact) mass is 353 g/mol. The van der Waals surface area contributed by atoms with E-state index in [1.807, 2.05) is 6.07 Å². The third-order valence-electron chi connectivity index (χ3n) is 3.35. The number of cyclic esters (lactones) is 1. The Morgan fingerprint density at radius 1 is 1.24 bits per heavy atom. The van der Waals surface area contributed by atoms with Crippen molar-refractivity contribution in [3.8, 4) is 6.07 Å². The first-order valence-electron chi connectivity index (χ1n) is 6.95. The number of rotatable bonds is 3. The molecule has 0 atom stereocenters. The predicted molar refractivity (Wildman–Crippen MR) is 89.9 cm³/mol. The molecule has 0 unspecified atom stereocenters. The quantitative estimate of drug-likeness (QED) is 0.363. The summed E-state index contributed by atoms with van der Waals surface area (Å²) in [6.07, 6.45) is 1.49. The molecule has 0 bridgehead atoms. The molecule has 1 aliphatic rings. The van der Waals surface area contributed by atoms with E-state index in [-0.39, 0.29) is 27.9 Å². The fraction of sp³-hybridized carbons (Fsp3) is 0. The highest BCUT2D eigenvalue weighted by Gasteiger charge is 2.27. The normalized spacial score (nSPS) is 14.8. The van der Waals surface area contributed by atoms with Gasteiger partial charge in [-0.2, -0.15) is 5.26 Å². The van der Waals surface area contributed by atoms with Crippen LogP contribution < -0.4 is 0 Å². The van der Waals surface area contributed by atoms with E-state index >= 15 is 0 Å². The van der Waals surface area contributed by atoms with Gasteiger partial charge in [0.05, 0.1) is 27.1 Å². The first kappa shape index (κ1) is 16.4. The summed E-state index contributed by atoms with van der Waals surface area (Å²) in [6.45, 7) is 0. The minimum Gasteiger partial charge on any atom is -0.402 e. The highest BCUT2D eigenvalue weighted by Crippen LogP contribution is 2.27. The second kappa shape index (κ2) is 6.55. The number of ether oxygens (including phenoxy) is 1. The fourth-order valence-electron chi connectivity index (χ4n) is 2.13. The second-order valence-corrected chi connectivity index (χ2v) is 5.40. The van der Waals surface area contributed by atoms with Gasteiger partial charge in [0.25, 0.3) is 5.69 Å². The van der Waals surface area contributed by atoms with E-state index in [4.69, 9.17) is 21.6 Å². The van der Waals surface area contributed by atoms with Gasteiger partial charge in [-0.3, -0.25) is 10.1 Å². The maximum atomic E-state index is 12.0. The zero-order valence-corrected chi connectivity index (χ0v) is 13.2. The number of nitriles is 1. The molecule has 122 valence electrons. The topological polar surface area (TPSA) is 106 Å². The van der Waals surface area contributed by atoms with Gasteiger partial charge in [0.2, 0.25) is 5.90 Å². The molecule has 7 nitrogen and oxygen atoms in total. The van der Waals surface area contributed by atoms with Crippen molar-refractivity contribution in [1.82, 2.24) is 0 Å². The Labute approximate surface area is 146 Å². The molecule has 0 spiro atoms. The van der Waals surface area contributed by atoms with Crippen LogP contribution in [0.25, 0.3) is 6.08 Å². The van der Waals surface area contributed by atoms with Crippen LogP contribution in [0.4, 0.5) is 5.69 Å². The molecule has 0 saturated heterocycles. The summed E-state index contributed by atoms with van der Waals surface area (Å²) in [6, 6.07) is 12.3. The van der Waals surface area contributed by atoms with Crippen molar-refractivity contribution in [3.63, 3.8) is 0 Å². The summed E-state index contributed by atoms with van der Waals surface area (Å²) >= 11 is 6.03. The highest BCUT2D eigenvalue weighted by molar-refractivity contribution is 6.34. The predicted octanol–water partition coefficient (Wildman–Crippen LogP) is 3.46. The van der Waals surface area contributed by atoms with E-state index in [9.17, 15) is 14.9 Å². The molecule has 0 N–H and O–H groups in total. The minimum atomic E-state index is -0.693. The summed E-state index contributed by atoms with van der Waals surface area (Å²) in [4.78, 5) is 26.4. The van der Waals surface area contributed by atoms with Gasteiger partial charge in [-0.25, -0.2) is 9.79 Å². The van der Waals surface area contributed by atoms with Gasteiger partial charge in [-0.05, 0) is 29.8 Å². The Bertz CT molecular complexity index is 988. The molecule has 0 aromatic heterocycles. The maximum Gasteiger partial charge on any atom is 0.363 e. The number of hydrogen-bond acceptors (Lipinski definition) is 6. The second-order valence-electron chi connectivity index (χ2n) is 4.99. The lowest BCUT2D eigenvalue weighted by atomic mass is 10.1. The summed E-state index contributed by atoms with van der Waals surface area (Å²) in [5.74, 6) is -0.791. The summed E-state index contributed by atoms with van der Waals surface area (Å²) in [7, 11) is 0. The number of esters is 1. The fourth-order valence-corrected chi connectivity index (χ4v) is 2.33. The lowest BCUT2D eigenvalue weighted by molar-refractivity contribution is -0.384. The first-order chi connectivity index (χ1) is 12.0. The van der Waals surface area contributed by atoms with E-state index in [1.165, 1.54) is 24.3 Å². The van der Waals surface area contributed by atoms with Crippen molar-refractivity contribution in [3.05, 3.63) is 80.0 Å². The number of benzene rings is 2. The lowest BCUT2D eigenvalue weighted by Crippen LogP contribution is -2.06. The van der Waals surface area contributed by atoms with Crippen LogP contribution in [-0.4, -0.2) is 16.8 Å². The average molecular weight is 354 g/mol. The van der Waals surface area contributed by atoms with Gasteiger partial charge in [0.15, 0.2) is 5.70 Å². The largest absolute Gasteiger partial charge is 0.402 e. The number of carbonyl (C=O) groups is 1.